The van der Waals surface area contributed by atoms with Crippen molar-refractivity contribution in [1.82, 2.24) is 5.32 Å². The lowest BCUT2D eigenvalue weighted by Crippen LogP contribution is -2.53. The van der Waals surface area contributed by atoms with Crippen LogP contribution in [0.15, 0.2) is 17.5 Å². The molecule has 1 fully saturated rings. The first kappa shape index (κ1) is 13.6. The van der Waals surface area contributed by atoms with E-state index in [0.29, 0.717) is 12.5 Å². The zero-order valence-electron chi connectivity index (χ0n) is 10.8. The van der Waals surface area contributed by atoms with Crippen molar-refractivity contribution in [3.8, 4) is 0 Å². The van der Waals surface area contributed by atoms with Crippen LogP contribution >= 0.6 is 11.3 Å². The maximum atomic E-state index is 11.6. The highest BCUT2D eigenvalue weighted by molar-refractivity contribution is 7.09. The molecular weight excluding hydrogens is 246 g/mol. The summed E-state index contributed by atoms with van der Waals surface area (Å²) in [7, 11) is 0. The topological polar surface area (TPSA) is 49.3 Å². The molecule has 2 N–H and O–H groups in total. The molecule has 0 aromatic carbocycles. The molecule has 4 heteroatoms. The predicted octanol–water partition coefficient (Wildman–Crippen LogP) is 3.26. The standard InChI is InChI=1S/C14H21NO2S/c1-2-11-5-7-14(8-6-11,13(16)17)15-10-12-4-3-9-18-12/h3-4,9,11,15H,2,5-8,10H2,1H3,(H,16,17). The molecule has 100 valence electrons. The van der Waals surface area contributed by atoms with Crippen molar-refractivity contribution in [3.63, 3.8) is 0 Å². The molecule has 2 rings (SSSR count). The van der Waals surface area contributed by atoms with Crippen LogP contribution in [0.4, 0.5) is 0 Å². The summed E-state index contributed by atoms with van der Waals surface area (Å²) in [6, 6.07) is 4.05. The van der Waals surface area contributed by atoms with Gasteiger partial charge in [-0.2, -0.15) is 0 Å². The smallest absolute Gasteiger partial charge is 0.323 e. The van der Waals surface area contributed by atoms with Gasteiger partial charge in [0.05, 0.1) is 0 Å². The minimum atomic E-state index is -0.699. The SMILES string of the molecule is CCC1CCC(NCc2cccs2)(C(=O)O)CC1. The van der Waals surface area contributed by atoms with Gasteiger partial charge in [0.25, 0.3) is 0 Å². The lowest BCUT2D eigenvalue weighted by Gasteiger charge is -2.37. The number of hydrogen-bond donors (Lipinski definition) is 2. The zero-order chi connectivity index (χ0) is 13.0. The molecule has 0 radical (unpaired) electrons. The van der Waals surface area contributed by atoms with Crippen LogP contribution in [0, 0.1) is 5.92 Å². The average Bonchev–Trinajstić information content (AvgIpc) is 2.90. The monoisotopic (exact) mass is 267 g/mol. The quantitative estimate of drug-likeness (QED) is 0.861. The minimum absolute atomic E-state index is 0.667. The lowest BCUT2D eigenvalue weighted by molar-refractivity contribution is -0.147. The second-order valence-corrected chi connectivity index (χ2v) is 6.20. The van der Waals surface area contributed by atoms with Gasteiger partial charge >= 0.3 is 5.97 Å². The third-order valence-electron chi connectivity index (χ3n) is 4.13. The van der Waals surface area contributed by atoms with E-state index >= 15 is 0 Å². The molecule has 1 heterocycles. The second-order valence-electron chi connectivity index (χ2n) is 5.17. The molecule has 1 aliphatic rings. The van der Waals surface area contributed by atoms with Crippen LogP contribution in [0.25, 0.3) is 0 Å². The molecular formula is C14H21NO2S. The molecule has 0 unspecified atom stereocenters. The summed E-state index contributed by atoms with van der Waals surface area (Å²) >= 11 is 1.67. The van der Waals surface area contributed by atoms with Crippen molar-refractivity contribution in [1.29, 1.82) is 0 Å². The Morgan fingerprint density at radius 1 is 1.56 bits per heavy atom. The summed E-state index contributed by atoms with van der Waals surface area (Å²) in [4.78, 5) is 12.8. The molecule has 0 atom stereocenters. The number of hydrogen-bond acceptors (Lipinski definition) is 3. The van der Waals surface area contributed by atoms with E-state index in [4.69, 9.17) is 0 Å². The van der Waals surface area contributed by atoms with Crippen LogP contribution in [-0.2, 0) is 11.3 Å². The minimum Gasteiger partial charge on any atom is -0.480 e. The average molecular weight is 267 g/mol. The highest BCUT2D eigenvalue weighted by Gasteiger charge is 2.41. The van der Waals surface area contributed by atoms with Gasteiger partial charge in [-0.1, -0.05) is 19.4 Å². The maximum absolute atomic E-state index is 11.6. The number of carboxylic acid groups (broad SMARTS) is 1. The van der Waals surface area contributed by atoms with Gasteiger partial charge in [-0.3, -0.25) is 10.1 Å². The molecule has 0 saturated heterocycles. The van der Waals surface area contributed by atoms with Gasteiger partial charge in [0, 0.05) is 11.4 Å². The molecule has 1 saturated carbocycles. The molecule has 1 aromatic rings. The van der Waals surface area contributed by atoms with Crippen molar-refractivity contribution in [2.75, 3.05) is 0 Å². The fourth-order valence-corrected chi connectivity index (χ4v) is 3.36. The van der Waals surface area contributed by atoms with Crippen LogP contribution in [0.2, 0.25) is 0 Å². The zero-order valence-corrected chi connectivity index (χ0v) is 11.6. The van der Waals surface area contributed by atoms with Gasteiger partial charge in [-0.15, -0.1) is 11.3 Å². The molecule has 3 nitrogen and oxygen atoms in total. The second kappa shape index (κ2) is 5.85. The van der Waals surface area contributed by atoms with E-state index in [0.717, 1.165) is 25.7 Å². The molecule has 1 aromatic heterocycles. The van der Waals surface area contributed by atoms with Crippen molar-refractivity contribution in [2.45, 2.75) is 51.1 Å². The summed E-state index contributed by atoms with van der Waals surface area (Å²) in [6.45, 7) is 2.86. The van der Waals surface area contributed by atoms with Crippen molar-refractivity contribution in [3.05, 3.63) is 22.4 Å². The third-order valence-corrected chi connectivity index (χ3v) is 5.00. The Labute approximate surface area is 112 Å². The number of aliphatic carboxylic acids is 1. The fraction of sp³-hybridized carbons (Fsp3) is 0.643. The van der Waals surface area contributed by atoms with Gasteiger partial charge in [-0.05, 0) is 43.0 Å². The van der Waals surface area contributed by atoms with E-state index in [9.17, 15) is 9.90 Å². The van der Waals surface area contributed by atoms with E-state index < -0.39 is 11.5 Å². The summed E-state index contributed by atoms with van der Waals surface area (Å²) in [5.41, 5.74) is -0.699. The highest BCUT2D eigenvalue weighted by atomic mass is 32.1. The fourth-order valence-electron chi connectivity index (χ4n) is 2.71. The first-order chi connectivity index (χ1) is 8.66. The molecule has 0 aliphatic heterocycles. The van der Waals surface area contributed by atoms with Crippen LogP contribution in [0.1, 0.15) is 43.9 Å². The van der Waals surface area contributed by atoms with Gasteiger partial charge in [-0.25, -0.2) is 0 Å². The van der Waals surface area contributed by atoms with Crippen molar-refractivity contribution < 1.29 is 9.90 Å². The Morgan fingerprint density at radius 3 is 2.78 bits per heavy atom. The molecule has 0 amide bonds. The van der Waals surface area contributed by atoms with Crippen molar-refractivity contribution >= 4 is 17.3 Å². The van der Waals surface area contributed by atoms with E-state index in [1.54, 1.807) is 11.3 Å². The number of nitrogens with one attached hydrogen (secondary N) is 1. The van der Waals surface area contributed by atoms with E-state index in [2.05, 4.69) is 12.2 Å². The molecule has 0 spiro atoms. The van der Waals surface area contributed by atoms with Gasteiger partial charge < -0.3 is 5.11 Å². The van der Waals surface area contributed by atoms with E-state index in [1.807, 2.05) is 17.5 Å². The maximum Gasteiger partial charge on any atom is 0.323 e. The first-order valence-electron chi connectivity index (χ1n) is 6.67. The number of thiophene rings is 1. The summed E-state index contributed by atoms with van der Waals surface area (Å²) in [5.74, 6) is 0.0228. The molecule has 18 heavy (non-hydrogen) atoms. The van der Waals surface area contributed by atoms with Crippen molar-refractivity contribution in [2.24, 2.45) is 5.92 Å². The Kier molecular flexibility index (Phi) is 4.40. The Bertz CT molecular complexity index is 381. The van der Waals surface area contributed by atoms with E-state index in [-0.39, 0.29) is 0 Å². The summed E-state index contributed by atoms with van der Waals surface area (Å²) in [5, 5.41) is 14.8. The highest BCUT2D eigenvalue weighted by Crippen LogP contribution is 2.34. The molecule has 0 bridgehead atoms. The Balaban J connectivity index is 1.97. The third kappa shape index (κ3) is 2.93. The summed E-state index contributed by atoms with van der Waals surface area (Å²) in [6.07, 6.45) is 4.74. The first-order valence-corrected chi connectivity index (χ1v) is 7.55. The Hall–Kier alpha value is -0.870. The van der Waals surface area contributed by atoms with Gasteiger partial charge in [0.1, 0.15) is 5.54 Å². The predicted molar refractivity (Wildman–Crippen MR) is 73.8 cm³/mol. The van der Waals surface area contributed by atoms with Gasteiger partial charge in [0.15, 0.2) is 0 Å². The van der Waals surface area contributed by atoms with Crippen LogP contribution in [0.5, 0.6) is 0 Å². The molecule has 1 aliphatic carbocycles. The Morgan fingerprint density at radius 2 is 2.28 bits per heavy atom. The number of rotatable bonds is 5. The number of carboxylic acids is 1. The van der Waals surface area contributed by atoms with E-state index in [1.165, 1.54) is 11.3 Å². The number of carbonyl (C=O) groups is 1. The normalized spacial score (nSPS) is 28.2. The van der Waals surface area contributed by atoms with Gasteiger partial charge in [0.2, 0.25) is 0 Å². The van der Waals surface area contributed by atoms with Crippen LogP contribution < -0.4 is 5.32 Å². The van der Waals surface area contributed by atoms with Crippen LogP contribution in [0.3, 0.4) is 0 Å². The largest absolute Gasteiger partial charge is 0.480 e. The lowest BCUT2D eigenvalue weighted by atomic mass is 9.75. The summed E-state index contributed by atoms with van der Waals surface area (Å²) < 4.78 is 0. The van der Waals surface area contributed by atoms with Crippen LogP contribution in [-0.4, -0.2) is 16.6 Å².